The van der Waals surface area contributed by atoms with Gasteiger partial charge in [-0.1, -0.05) is 6.92 Å². The maximum absolute atomic E-state index is 12.3. The van der Waals surface area contributed by atoms with Gasteiger partial charge < -0.3 is 9.80 Å². The van der Waals surface area contributed by atoms with Crippen LogP contribution in [0, 0.1) is 0 Å². The third-order valence-electron chi connectivity index (χ3n) is 3.30. The molecule has 5 heteroatoms. The zero-order valence-corrected chi connectivity index (χ0v) is 10.8. The van der Waals surface area contributed by atoms with Gasteiger partial charge in [-0.25, -0.2) is 0 Å². The number of hydrogen-bond donors (Lipinski definition) is 0. The summed E-state index contributed by atoms with van der Waals surface area (Å²) >= 11 is 0. The summed E-state index contributed by atoms with van der Waals surface area (Å²) in [5.41, 5.74) is 1.68. The summed E-state index contributed by atoms with van der Waals surface area (Å²) in [6.07, 6.45) is 0.865. The molecule has 1 aromatic rings. The highest BCUT2D eigenvalue weighted by atomic mass is 16.2. The highest BCUT2D eigenvalue weighted by Crippen LogP contribution is 2.09. The van der Waals surface area contributed by atoms with E-state index in [1.165, 1.54) is 0 Å². The molecule has 0 aromatic carbocycles. The van der Waals surface area contributed by atoms with Crippen LogP contribution in [0.5, 0.6) is 0 Å². The van der Waals surface area contributed by atoms with Crippen molar-refractivity contribution in [2.45, 2.75) is 13.3 Å². The summed E-state index contributed by atoms with van der Waals surface area (Å²) in [6.45, 7) is 5.56. The topological polar surface area (TPSA) is 41.4 Å². The van der Waals surface area contributed by atoms with Crippen molar-refractivity contribution in [1.82, 2.24) is 19.6 Å². The van der Waals surface area contributed by atoms with Gasteiger partial charge in [-0.15, -0.1) is 0 Å². The van der Waals surface area contributed by atoms with Crippen molar-refractivity contribution in [3.05, 3.63) is 17.5 Å². The van der Waals surface area contributed by atoms with Crippen molar-refractivity contribution in [3.8, 4) is 0 Å². The molecular weight excluding hydrogens is 216 g/mol. The predicted octanol–water partition coefficient (Wildman–Crippen LogP) is 0.370. The first-order chi connectivity index (χ1) is 8.11. The summed E-state index contributed by atoms with van der Waals surface area (Å²) in [7, 11) is 3.92. The van der Waals surface area contributed by atoms with Crippen LogP contribution >= 0.6 is 0 Å². The van der Waals surface area contributed by atoms with E-state index in [2.05, 4.69) is 17.0 Å². The fourth-order valence-corrected chi connectivity index (χ4v) is 2.07. The summed E-state index contributed by atoms with van der Waals surface area (Å²) < 4.78 is 1.69. The molecule has 94 valence electrons. The second kappa shape index (κ2) is 4.87. The molecule has 1 aliphatic heterocycles. The van der Waals surface area contributed by atoms with E-state index >= 15 is 0 Å². The molecule has 0 spiro atoms. The van der Waals surface area contributed by atoms with Crippen LogP contribution in [0.2, 0.25) is 0 Å². The SMILES string of the molecule is CCc1cc(C(=O)N2CCN(C)CC2)n(C)n1. The highest BCUT2D eigenvalue weighted by Gasteiger charge is 2.22. The van der Waals surface area contributed by atoms with Crippen molar-refractivity contribution in [1.29, 1.82) is 0 Å². The average molecular weight is 236 g/mol. The third-order valence-corrected chi connectivity index (χ3v) is 3.30. The fraction of sp³-hybridized carbons (Fsp3) is 0.667. The molecule has 0 radical (unpaired) electrons. The lowest BCUT2D eigenvalue weighted by Gasteiger charge is -2.32. The number of nitrogens with zero attached hydrogens (tertiary/aromatic N) is 4. The van der Waals surface area contributed by atoms with Crippen LogP contribution in [0.3, 0.4) is 0 Å². The Kier molecular flexibility index (Phi) is 3.47. The molecular formula is C12H20N4O. The lowest BCUT2D eigenvalue weighted by atomic mass is 10.2. The van der Waals surface area contributed by atoms with Gasteiger partial charge in [0.15, 0.2) is 0 Å². The Morgan fingerprint density at radius 1 is 1.29 bits per heavy atom. The maximum Gasteiger partial charge on any atom is 0.272 e. The number of likely N-dealkylation sites (N-methyl/N-ethyl adjacent to an activating group) is 1. The number of hydrogen-bond acceptors (Lipinski definition) is 3. The van der Waals surface area contributed by atoms with Crippen LogP contribution in [0.1, 0.15) is 23.1 Å². The molecule has 0 unspecified atom stereocenters. The van der Waals surface area contributed by atoms with E-state index in [0.29, 0.717) is 5.69 Å². The number of aryl methyl sites for hydroxylation is 2. The fourth-order valence-electron chi connectivity index (χ4n) is 2.07. The van der Waals surface area contributed by atoms with Crippen LogP contribution in [-0.2, 0) is 13.5 Å². The van der Waals surface area contributed by atoms with Gasteiger partial charge in [-0.05, 0) is 19.5 Å². The van der Waals surface area contributed by atoms with Crippen LogP contribution < -0.4 is 0 Å². The Morgan fingerprint density at radius 3 is 2.47 bits per heavy atom. The van der Waals surface area contributed by atoms with Gasteiger partial charge in [-0.3, -0.25) is 9.48 Å². The van der Waals surface area contributed by atoms with Gasteiger partial charge in [0.25, 0.3) is 5.91 Å². The van der Waals surface area contributed by atoms with E-state index < -0.39 is 0 Å². The standard InChI is InChI=1S/C12H20N4O/c1-4-10-9-11(15(3)13-10)12(17)16-7-5-14(2)6-8-16/h9H,4-8H2,1-3H3. The molecule has 0 saturated carbocycles. The molecule has 0 bridgehead atoms. The van der Waals surface area contributed by atoms with E-state index in [9.17, 15) is 4.79 Å². The summed E-state index contributed by atoms with van der Waals surface area (Å²) in [5, 5.41) is 4.32. The number of rotatable bonds is 2. The molecule has 1 amide bonds. The first-order valence-electron chi connectivity index (χ1n) is 6.12. The van der Waals surface area contributed by atoms with Crippen molar-refractivity contribution in [2.75, 3.05) is 33.2 Å². The lowest BCUT2D eigenvalue weighted by molar-refractivity contribution is 0.0653. The molecule has 2 rings (SSSR count). The zero-order chi connectivity index (χ0) is 12.4. The average Bonchev–Trinajstić information content (AvgIpc) is 2.71. The number of aromatic nitrogens is 2. The second-order valence-electron chi connectivity index (χ2n) is 4.59. The summed E-state index contributed by atoms with van der Waals surface area (Å²) in [4.78, 5) is 16.5. The van der Waals surface area contributed by atoms with Crippen LogP contribution in [0.25, 0.3) is 0 Å². The Hall–Kier alpha value is -1.36. The second-order valence-corrected chi connectivity index (χ2v) is 4.59. The van der Waals surface area contributed by atoms with Crippen molar-refractivity contribution >= 4 is 5.91 Å². The van der Waals surface area contributed by atoms with Crippen molar-refractivity contribution in [2.24, 2.45) is 7.05 Å². The van der Waals surface area contributed by atoms with Gasteiger partial charge in [0.1, 0.15) is 5.69 Å². The number of carbonyl (C=O) groups excluding carboxylic acids is 1. The van der Waals surface area contributed by atoms with Gasteiger partial charge >= 0.3 is 0 Å². The van der Waals surface area contributed by atoms with Crippen molar-refractivity contribution in [3.63, 3.8) is 0 Å². The minimum Gasteiger partial charge on any atom is -0.335 e. The molecule has 0 N–H and O–H groups in total. The van der Waals surface area contributed by atoms with Crippen molar-refractivity contribution < 1.29 is 4.79 Å². The van der Waals surface area contributed by atoms with Crippen LogP contribution in [0.15, 0.2) is 6.07 Å². The van der Waals surface area contributed by atoms with Gasteiger partial charge in [0.05, 0.1) is 5.69 Å². The molecule has 17 heavy (non-hydrogen) atoms. The predicted molar refractivity (Wildman–Crippen MR) is 66.0 cm³/mol. The highest BCUT2D eigenvalue weighted by molar-refractivity contribution is 5.92. The Morgan fingerprint density at radius 2 is 1.94 bits per heavy atom. The molecule has 1 fully saturated rings. The molecule has 1 aliphatic rings. The molecule has 1 aromatic heterocycles. The van der Waals surface area contributed by atoms with E-state index in [1.807, 2.05) is 24.9 Å². The zero-order valence-electron chi connectivity index (χ0n) is 10.8. The summed E-state index contributed by atoms with van der Waals surface area (Å²) in [6, 6.07) is 1.90. The molecule has 5 nitrogen and oxygen atoms in total. The first kappa shape index (κ1) is 12.1. The number of amides is 1. The molecule has 2 heterocycles. The van der Waals surface area contributed by atoms with E-state index in [4.69, 9.17) is 0 Å². The number of carbonyl (C=O) groups is 1. The molecule has 0 aliphatic carbocycles. The van der Waals surface area contributed by atoms with E-state index in [-0.39, 0.29) is 5.91 Å². The van der Waals surface area contributed by atoms with E-state index in [0.717, 1.165) is 38.3 Å². The Bertz CT molecular complexity index is 405. The lowest BCUT2D eigenvalue weighted by Crippen LogP contribution is -2.47. The maximum atomic E-state index is 12.3. The normalized spacial score (nSPS) is 17.5. The quantitative estimate of drug-likeness (QED) is 0.745. The minimum atomic E-state index is 0.104. The first-order valence-corrected chi connectivity index (χ1v) is 6.12. The Labute approximate surface area is 102 Å². The third kappa shape index (κ3) is 2.49. The number of piperazine rings is 1. The Balaban J connectivity index is 2.11. The van der Waals surface area contributed by atoms with Gasteiger partial charge in [0.2, 0.25) is 0 Å². The van der Waals surface area contributed by atoms with Crippen LogP contribution in [-0.4, -0.2) is 58.7 Å². The van der Waals surface area contributed by atoms with Crippen LogP contribution in [0.4, 0.5) is 0 Å². The molecule has 1 saturated heterocycles. The molecule has 0 atom stereocenters. The smallest absolute Gasteiger partial charge is 0.272 e. The van der Waals surface area contributed by atoms with E-state index in [1.54, 1.807) is 4.68 Å². The van der Waals surface area contributed by atoms with Gasteiger partial charge in [0, 0.05) is 33.2 Å². The monoisotopic (exact) mass is 236 g/mol. The summed E-state index contributed by atoms with van der Waals surface area (Å²) in [5.74, 6) is 0.104. The van der Waals surface area contributed by atoms with Gasteiger partial charge in [-0.2, -0.15) is 5.10 Å². The largest absolute Gasteiger partial charge is 0.335 e. The minimum absolute atomic E-state index is 0.104.